The van der Waals surface area contributed by atoms with E-state index in [2.05, 4.69) is 0 Å². The quantitative estimate of drug-likeness (QED) is 0.726. The van der Waals surface area contributed by atoms with Crippen molar-refractivity contribution in [3.8, 4) is 0 Å². The lowest BCUT2D eigenvalue weighted by molar-refractivity contribution is 0.507. The Morgan fingerprint density at radius 1 is 1.38 bits per heavy atom. The van der Waals surface area contributed by atoms with Crippen LogP contribution in [0.5, 0.6) is 0 Å². The Labute approximate surface area is 80.6 Å². The lowest BCUT2D eigenvalue weighted by Gasteiger charge is -2.15. The SMILES string of the molecule is CC(C)S(=O)(=O)CC1(CCN)CC1. The lowest BCUT2D eigenvalue weighted by Crippen LogP contribution is -2.26. The molecule has 1 aliphatic rings. The molecule has 13 heavy (non-hydrogen) atoms. The molecule has 3 nitrogen and oxygen atoms in total. The van der Waals surface area contributed by atoms with Crippen LogP contribution in [0.25, 0.3) is 0 Å². The number of hydrogen-bond donors (Lipinski definition) is 1. The molecule has 0 aromatic carbocycles. The highest BCUT2D eigenvalue weighted by Gasteiger charge is 2.45. The highest BCUT2D eigenvalue weighted by molar-refractivity contribution is 7.92. The van der Waals surface area contributed by atoms with E-state index in [1.54, 1.807) is 13.8 Å². The monoisotopic (exact) mass is 205 g/mol. The molecule has 0 saturated heterocycles. The van der Waals surface area contributed by atoms with Crippen LogP contribution in [0.2, 0.25) is 0 Å². The minimum Gasteiger partial charge on any atom is -0.330 e. The molecule has 78 valence electrons. The van der Waals surface area contributed by atoms with Gasteiger partial charge < -0.3 is 5.73 Å². The summed E-state index contributed by atoms with van der Waals surface area (Å²) in [5.41, 5.74) is 5.51. The first kappa shape index (κ1) is 11.0. The fraction of sp³-hybridized carbons (Fsp3) is 1.00. The third-order valence-corrected chi connectivity index (χ3v) is 5.31. The van der Waals surface area contributed by atoms with E-state index in [9.17, 15) is 8.42 Å². The molecule has 0 heterocycles. The van der Waals surface area contributed by atoms with Crippen LogP contribution < -0.4 is 5.73 Å². The highest BCUT2D eigenvalue weighted by atomic mass is 32.2. The molecule has 4 heteroatoms. The van der Waals surface area contributed by atoms with E-state index in [0.29, 0.717) is 12.3 Å². The van der Waals surface area contributed by atoms with Crippen LogP contribution in [0, 0.1) is 5.41 Å². The molecule has 0 spiro atoms. The molecule has 0 bridgehead atoms. The molecule has 0 amide bonds. The second-order valence-electron chi connectivity index (χ2n) is 4.39. The summed E-state index contributed by atoms with van der Waals surface area (Å²) in [5, 5.41) is -0.247. The summed E-state index contributed by atoms with van der Waals surface area (Å²) in [7, 11) is -2.87. The van der Waals surface area contributed by atoms with E-state index in [-0.39, 0.29) is 10.7 Å². The fourth-order valence-electron chi connectivity index (χ4n) is 1.54. The van der Waals surface area contributed by atoms with Crippen molar-refractivity contribution in [2.24, 2.45) is 11.1 Å². The van der Waals surface area contributed by atoms with Gasteiger partial charge >= 0.3 is 0 Å². The summed E-state index contributed by atoms with van der Waals surface area (Å²) in [6, 6.07) is 0. The van der Waals surface area contributed by atoms with Crippen molar-refractivity contribution in [3.05, 3.63) is 0 Å². The molecule has 1 fully saturated rings. The van der Waals surface area contributed by atoms with Crippen molar-refractivity contribution in [1.29, 1.82) is 0 Å². The average molecular weight is 205 g/mol. The van der Waals surface area contributed by atoms with Gasteiger partial charge in [-0.1, -0.05) is 0 Å². The van der Waals surface area contributed by atoms with E-state index in [1.807, 2.05) is 0 Å². The molecule has 0 aromatic rings. The third kappa shape index (κ3) is 2.68. The van der Waals surface area contributed by atoms with E-state index in [1.165, 1.54) is 0 Å². The molecular formula is C9H19NO2S. The third-order valence-electron chi connectivity index (χ3n) is 2.86. The molecule has 0 radical (unpaired) electrons. The number of hydrogen-bond acceptors (Lipinski definition) is 3. The first-order valence-electron chi connectivity index (χ1n) is 4.83. The molecule has 2 N–H and O–H groups in total. The van der Waals surface area contributed by atoms with Crippen LogP contribution in [-0.4, -0.2) is 26.0 Å². The normalized spacial score (nSPS) is 20.6. The van der Waals surface area contributed by atoms with Crippen LogP contribution in [0.1, 0.15) is 33.1 Å². The van der Waals surface area contributed by atoms with Crippen molar-refractivity contribution in [2.45, 2.75) is 38.4 Å². The van der Waals surface area contributed by atoms with Gasteiger partial charge in [-0.15, -0.1) is 0 Å². The summed E-state index contributed by atoms with van der Waals surface area (Å²) < 4.78 is 23.2. The maximum absolute atomic E-state index is 11.6. The molecule has 1 saturated carbocycles. The highest BCUT2D eigenvalue weighted by Crippen LogP contribution is 2.49. The van der Waals surface area contributed by atoms with E-state index < -0.39 is 9.84 Å². The minimum absolute atomic E-state index is 0.0534. The summed E-state index contributed by atoms with van der Waals surface area (Å²) >= 11 is 0. The number of sulfone groups is 1. The zero-order valence-corrected chi connectivity index (χ0v) is 9.23. The summed E-state index contributed by atoms with van der Waals surface area (Å²) in [5.74, 6) is 0.342. The average Bonchev–Trinajstić information content (AvgIpc) is 2.68. The predicted octanol–water partition coefficient (Wildman–Crippen LogP) is 0.939. The van der Waals surface area contributed by atoms with Gasteiger partial charge in [-0.2, -0.15) is 0 Å². The van der Waals surface area contributed by atoms with Gasteiger partial charge in [0.25, 0.3) is 0 Å². The molecule has 0 atom stereocenters. The van der Waals surface area contributed by atoms with Crippen molar-refractivity contribution < 1.29 is 8.42 Å². The van der Waals surface area contributed by atoms with Gasteiger partial charge in [0.2, 0.25) is 0 Å². The molecule has 0 unspecified atom stereocenters. The lowest BCUT2D eigenvalue weighted by atomic mass is 10.1. The summed E-state index contributed by atoms with van der Waals surface area (Å²) in [6.45, 7) is 4.09. The Morgan fingerprint density at radius 2 is 1.92 bits per heavy atom. The second-order valence-corrected chi connectivity index (χ2v) is 6.95. The van der Waals surface area contributed by atoms with Crippen LogP contribution in [0.15, 0.2) is 0 Å². The van der Waals surface area contributed by atoms with Gasteiger partial charge in [0.1, 0.15) is 0 Å². The number of nitrogens with two attached hydrogens (primary N) is 1. The van der Waals surface area contributed by atoms with E-state index in [0.717, 1.165) is 19.3 Å². The maximum Gasteiger partial charge on any atom is 0.153 e. The van der Waals surface area contributed by atoms with E-state index in [4.69, 9.17) is 5.73 Å². The van der Waals surface area contributed by atoms with Gasteiger partial charge in [0, 0.05) is 0 Å². The van der Waals surface area contributed by atoms with Crippen molar-refractivity contribution in [2.75, 3.05) is 12.3 Å². The molecule has 1 aliphatic carbocycles. The van der Waals surface area contributed by atoms with E-state index >= 15 is 0 Å². The largest absolute Gasteiger partial charge is 0.330 e. The van der Waals surface area contributed by atoms with Crippen LogP contribution in [0.4, 0.5) is 0 Å². The van der Waals surface area contributed by atoms with Gasteiger partial charge in [-0.25, -0.2) is 8.42 Å². The summed E-state index contributed by atoms with van der Waals surface area (Å²) in [6.07, 6.45) is 2.94. The Kier molecular flexibility index (Phi) is 3.02. The number of rotatable bonds is 5. The minimum atomic E-state index is -2.87. The van der Waals surface area contributed by atoms with Gasteiger partial charge in [0.15, 0.2) is 9.84 Å². The van der Waals surface area contributed by atoms with Gasteiger partial charge in [-0.05, 0) is 45.1 Å². The zero-order chi connectivity index (χ0) is 10.1. The predicted molar refractivity (Wildman–Crippen MR) is 54.3 cm³/mol. The molecular weight excluding hydrogens is 186 g/mol. The van der Waals surface area contributed by atoms with Crippen molar-refractivity contribution in [3.63, 3.8) is 0 Å². The molecule has 0 aromatic heterocycles. The fourth-order valence-corrected chi connectivity index (χ4v) is 3.16. The van der Waals surface area contributed by atoms with Gasteiger partial charge in [-0.3, -0.25) is 0 Å². The first-order valence-corrected chi connectivity index (χ1v) is 6.55. The first-order chi connectivity index (χ1) is 5.92. The second kappa shape index (κ2) is 3.58. The Morgan fingerprint density at radius 3 is 2.23 bits per heavy atom. The van der Waals surface area contributed by atoms with Crippen LogP contribution >= 0.6 is 0 Å². The molecule has 0 aliphatic heterocycles. The van der Waals surface area contributed by atoms with Crippen LogP contribution in [-0.2, 0) is 9.84 Å². The van der Waals surface area contributed by atoms with Crippen molar-refractivity contribution >= 4 is 9.84 Å². The standard InChI is InChI=1S/C9H19NO2S/c1-8(2)13(11,12)7-9(3-4-9)5-6-10/h8H,3-7,10H2,1-2H3. The topological polar surface area (TPSA) is 60.2 Å². The Hall–Kier alpha value is -0.0900. The maximum atomic E-state index is 11.6. The summed E-state index contributed by atoms with van der Waals surface area (Å²) in [4.78, 5) is 0. The van der Waals surface area contributed by atoms with Gasteiger partial charge in [0.05, 0.1) is 11.0 Å². The Bertz CT molecular complexity index is 265. The zero-order valence-electron chi connectivity index (χ0n) is 8.41. The van der Waals surface area contributed by atoms with Crippen LogP contribution in [0.3, 0.4) is 0 Å². The van der Waals surface area contributed by atoms with Crippen molar-refractivity contribution in [1.82, 2.24) is 0 Å². The molecule has 1 rings (SSSR count). The Balaban J connectivity index is 2.58. The smallest absolute Gasteiger partial charge is 0.153 e.